The lowest BCUT2D eigenvalue weighted by Crippen LogP contribution is -2.17. The molecule has 1 saturated heterocycles. The van der Waals surface area contributed by atoms with E-state index in [2.05, 4.69) is 53.8 Å². The van der Waals surface area contributed by atoms with Crippen LogP contribution in [0.3, 0.4) is 0 Å². The summed E-state index contributed by atoms with van der Waals surface area (Å²) in [6.07, 6.45) is 2.34. The number of hydrogen-bond donors (Lipinski definition) is 2. The van der Waals surface area contributed by atoms with Gasteiger partial charge in [0.1, 0.15) is 0 Å². The molecule has 0 amide bonds. The molecule has 0 aliphatic carbocycles. The van der Waals surface area contributed by atoms with E-state index in [9.17, 15) is 0 Å². The Labute approximate surface area is 121 Å². The molecular formula is C18H22N2. The van der Waals surface area contributed by atoms with Crippen LogP contribution in [0.5, 0.6) is 0 Å². The molecule has 0 spiro atoms. The summed E-state index contributed by atoms with van der Waals surface area (Å²) in [5, 5.41) is 3.40. The van der Waals surface area contributed by atoms with E-state index in [0.717, 1.165) is 25.4 Å². The van der Waals surface area contributed by atoms with Gasteiger partial charge in [0.25, 0.3) is 0 Å². The molecule has 3 rings (SSSR count). The van der Waals surface area contributed by atoms with Crippen LogP contribution in [0.1, 0.15) is 24.4 Å². The van der Waals surface area contributed by atoms with Gasteiger partial charge in [0.05, 0.1) is 0 Å². The predicted molar refractivity (Wildman–Crippen MR) is 84.4 cm³/mol. The van der Waals surface area contributed by atoms with Crippen molar-refractivity contribution >= 4 is 0 Å². The third-order valence-electron chi connectivity index (χ3n) is 4.20. The molecule has 0 radical (unpaired) electrons. The fourth-order valence-electron chi connectivity index (χ4n) is 2.96. The largest absolute Gasteiger partial charge is 0.324 e. The molecule has 2 atom stereocenters. The standard InChI is InChI=1S/C18H22N2/c19-18(12-14-10-11-20-13-14)17-8-6-16(7-9-17)15-4-2-1-3-5-15/h1-9,14,18,20H,10-13,19H2. The maximum atomic E-state index is 6.34. The third kappa shape index (κ3) is 3.09. The number of nitrogens with two attached hydrogens (primary N) is 1. The van der Waals surface area contributed by atoms with Crippen LogP contribution in [0.2, 0.25) is 0 Å². The molecule has 2 aromatic rings. The van der Waals surface area contributed by atoms with E-state index in [1.54, 1.807) is 0 Å². The Hall–Kier alpha value is -1.64. The molecule has 2 heteroatoms. The van der Waals surface area contributed by atoms with Crippen LogP contribution in [0.15, 0.2) is 54.6 Å². The minimum atomic E-state index is 0.157. The van der Waals surface area contributed by atoms with Gasteiger partial charge >= 0.3 is 0 Å². The van der Waals surface area contributed by atoms with Gasteiger partial charge in [-0.15, -0.1) is 0 Å². The molecule has 20 heavy (non-hydrogen) atoms. The van der Waals surface area contributed by atoms with E-state index in [0.29, 0.717) is 0 Å². The van der Waals surface area contributed by atoms with Gasteiger partial charge in [-0.05, 0) is 48.5 Å². The van der Waals surface area contributed by atoms with Crippen molar-refractivity contribution in [3.8, 4) is 11.1 Å². The van der Waals surface area contributed by atoms with Crippen molar-refractivity contribution in [1.82, 2.24) is 5.32 Å². The van der Waals surface area contributed by atoms with Gasteiger partial charge in [-0.25, -0.2) is 0 Å². The van der Waals surface area contributed by atoms with E-state index in [1.165, 1.54) is 23.1 Å². The number of nitrogens with one attached hydrogen (secondary N) is 1. The Balaban J connectivity index is 1.69. The minimum Gasteiger partial charge on any atom is -0.324 e. The Bertz CT molecular complexity index is 527. The fraction of sp³-hybridized carbons (Fsp3) is 0.333. The van der Waals surface area contributed by atoms with Crippen molar-refractivity contribution in [3.05, 3.63) is 60.2 Å². The Morgan fingerprint density at radius 3 is 2.35 bits per heavy atom. The zero-order chi connectivity index (χ0) is 13.8. The van der Waals surface area contributed by atoms with Crippen molar-refractivity contribution in [2.24, 2.45) is 11.7 Å². The summed E-state index contributed by atoms with van der Waals surface area (Å²) in [5.41, 5.74) is 10.1. The van der Waals surface area contributed by atoms with Gasteiger partial charge in [-0.2, -0.15) is 0 Å². The quantitative estimate of drug-likeness (QED) is 0.890. The first-order valence-corrected chi connectivity index (χ1v) is 7.44. The lowest BCUT2D eigenvalue weighted by Gasteiger charge is -2.16. The summed E-state index contributed by atoms with van der Waals surface area (Å²) in [6, 6.07) is 19.3. The van der Waals surface area contributed by atoms with Crippen LogP contribution in [0, 0.1) is 5.92 Å². The maximum absolute atomic E-state index is 6.34. The van der Waals surface area contributed by atoms with E-state index < -0.39 is 0 Å². The topological polar surface area (TPSA) is 38.0 Å². The number of hydrogen-bond acceptors (Lipinski definition) is 2. The van der Waals surface area contributed by atoms with E-state index in [1.807, 2.05) is 6.07 Å². The Kier molecular flexibility index (Phi) is 4.14. The third-order valence-corrected chi connectivity index (χ3v) is 4.20. The molecule has 1 fully saturated rings. The summed E-state index contributed by atoms with van der Waals surface area (Å²) >= 11 is 0. The number of benzene rings is 2. The highest BCUT2D eigenvalue weighted by molar-refractivity contribution is 5.63. The van der Waals surface area contributed by atoms with Crippen LogP contribution in [0.25, 0.3) is 11.1 Å². The first-order valence-electron chi connectivity index (χ1n) is 7.44. The van der Waals surface area contributed by atoms with E-state index in [4.69, 9.17) is 5.73 Å². The lowest BCUT2D eigenvalue weighted by molar-refractivity contribution is 0.473. The highest BCUT2D eigenvalue weighted by Crippen LogP contribution is 2.25. The predicted octanol–water partition coefficient (Wildman–Crippen LogP) is 3.35. The zero-order valence-corrected chi connectivity index (χ0v) is 11.8. The average Bonchev–Trinajstić information content (AvgIpc) is 3.01. The molecule has 1 aliphatic heterocycles. The Morgan fingerprint density at radius 1 is 1.00 bits per heavy atom. The molecule has 2 aromatic carbocycles. The van der Waals surface area contributed by atoms with Crippen LogP contribution in [-0.4, -0.2) is 13.1 Å². The van der Waals surface area contributed by atoms with E-state index in [-0.39, 0.29) is 6.04 Å². The van der Waals surface area contributed by atoms with Crippen LogP contribution in [0.4, 0.5) is 0 Å². The van der Waals surface area contributed by atoms with Gasteiger partial charge in [0.15, 0.2) is 0 Å². The second-order valence-corrected chi connectivity index (χ2v) is 5.69. The highest BCUT2D eigenvalue weighted by atomic mass is 14.9. The van der Waals surface area contributed by atoms with Crippen molar-refractivity contribution in [2.75, 3.05) is 13.1 Å². The second kappa shape index (κ2) is 6.21. The summed E-state index contributed by atoms with van der Waals surface area (Å²) in [6.45, 7) is 2.26. The molecule has 1 aliphatic rings. The summed E-state index contributed by atoms with van der Waals surface area (Å²) in [5.74, 6) is 0.735. The SMILES string of the molecule is NC(CC1CCNC1)c1ccc(-c2ccccc2)cc1. The smallest absolute Gasteiger partial charge is 0.0297 e. The van der Waals surface area contributed by atoms with Gasteiger partial charge < -0.3 is 11.1 Å². The first-order chi connectivity index (χ1) is 9.83. The molecule has 2 unspecified atom stereocenters. The summed E-state index contributed by atoms with van der Waals surface area (Å²) < 4.78 is 0. The molecular weight excluding hydrogens is 244 g/mol. The summed E-state index contributed by atoms with van der Waals surface area (Å²) in [4.78, 5) is 0. The molecule has 2 nitrogen and oxygen atoms in total. The Morgan fingerprint density at radius 2 is 1.70 bits per heavy atom. The van der Waals surface area contributed by atoms with Gasteiger partial charge in [0, 0.05) is 6.04 Å². The summed E-state index contributed by atoms with van der Waals surface area (Å²) in [7, 11) is 0. The average molecular weight is 266 g/mol. The highest BCUT2D eigenvalue weighted by Gasteiger charge is 2.18. The monoisotopic (exact) mass is 266 g/mol. The first kappa shape index (κ1) is 13.3. The van der Waals surface area contributed by atoms with Gasteiger partial charge in [-0.3, -0.25) is 0 Å². The molecule has 1 heterocycles. The molecule has 3 N–H and O–H groups in total. The number of rotatable bonds is 4. The van der Waals surface area contributed by atoms with Crippen molar-refractivity contribution in [2.45, 2.75) is 18.9 Å². The zero-order valence-electron chi connectivity index (χ0n) is 11.8. The van der Waals surface area contributed by atoms with Gasteiger partial charge in [0.2, 0.25) is 0 Å². The van der Waals surface area contributed by atoms with Crippen molar-refractivity contribution < 1.29 is 0 Å². The van der Waals surface area contributed by atoms with E-state index >= 15 is 0 Å². The van der Waals surface area contributed by atoms with Gasteiger partial charge in [-0.1, -0.05) is 54.6 Å². The van der Waals surface area contributed by atoms with Crippen LogP contribution >= 0.6 is 0 Å². The molecule has 104 valence electrons. The normalized spacial score (nSPS) is 19.9. The minimum absolute atomic E-state index is 0.157. The van der Waals surface area contributed by atoms with Crippen molar-refractivity contribution in [3.63, 3.8) is 0 Å². The molecule has 0 saturated carbocycles. The lowest BCUT2D eigenvalue weighted by atomic mass is 9.93. The molecule has 0 aromatic heterocycles. The fourth-order valence-corrected chi connectivity index (χ4v) is 2.96. The maximum Gasteiger partial charge on any atom is 0.0297 e. The van der Waals surface area contributed by atoms with Crippen molar-refractivity contribution in [1.29, 1.82) is 0 Å². The second-order valence-electron chi connectivity index (χ2n) is 5.69. The van der Waals surface area contributed by atoms with Crippen LogP contribution < -0.4 is 11.1 Å². The molecule has 0 bridgehead atoms. The van der Waals surface area contributed by atoms with Crippen LogP contribution in [-0.2, 0) is 0 Å².